The monoisotopic (exact) mass is 282 g/mol. The van der Waals surface area contributed by atoms with E-state index < -0.39 is 0 Å². The smallest absolute Gasteiger partial charge is 0.0980 e. The molecule has 19 heavy (non-hydrogen) atoms. The van der Waals surface area contributed by atoms with Crippen molar-refractivity contribution in [2.45, 2.75) is 24.5 Å². The van der Waals surface area contributed by atoms with Crippen LogP contribution in [0.2, 0.25) is 0 Å². The Morgan fingerprint density at radius 3 is 3.05 bits per heavy atom. The van der Waals surface area contributed by atoms with Crippen LogP contribution in [0.4, 0.5) is 5.69 Å². The third-order valence-electron chi connectivity index (χ3n) is 3.30. The second-order valence-electron chi connectivity index (χ2n) is 4.51. The van der Waals surface area contributed by atoms with Crippen molar-refractivity contribution in [2.75, 3.05) is 37.0 Å². The van der Waals surface area contributed by atoms with E-state index in [-0.39, 0.29) is 12.7 Å². The van der Waals surface area contributed by atoms with Gasteiger partial charge < -0.3 is 20.5 Å². The van der Waals surface area contributed by atoms with E-state index in [0.29, 0.717) is 13.2 Å². The Morgan fingerprint density at radius 2 is 2.37 bits per heavy atom. The van der Waals surface area contributed by atoms with Crippen LogP contribution in [0.25, 0.3) is 0 Å². The van der Waals surface area contributed by atoms with Crippen LogP contribution in [0.5, 0.6) is 0 Å². The van der Waals surface area contributed by atoms with Gasteiger partial charge in [0.1, 0.15) is 0 Å². The van der Waals surface area contributed by atoms with E-state index in [4.69, 9.17) is 10.5 Å². The summed E-state index contributed by atoms with van der Waals surface area (Å²) in [5.41, 5.74) is 8.32. The van der Waals surface area contributed by atoms with Gasteiger partial charge in [-0.1, -0.05) is 13.0 Å². The zero-order valence-electron chi connectivity index (χ0n) is 11.3. The third-order valence-corrected chi connectivity index (χ3v) is 4.28. The van der Waals surface area contributed by atoms with Gasteiger partial charge in [-0.05, 0) is 17.9 Å². The minimum atomic E-state index is -0.0955. The van der Waals surface area contributed by atoms with Gasteiger partial charge in [0, 0.05) is 35.8 Å². The first-order valence-corrected chi connectivity index (χ1v) is 7.70. The van der Waals surface area contributed by atoms with E-state index in [9.17, 15) is 5.11 Å². The van der Waals surface area contributed by atoms with Crippen LogP contribution >= 0.6 is 11.8 Å². The summed E-state index contributed by atoms with van der Waals surface area (Å²) >= 11 is 1.82. The van der Waals surface area contributed by atoms with Crippen molar-refractivity contribution in [3.63, 3.8) is 0 Å². The van der Waals surface area contributed by atoms with E-state index in [2.05, 4.69) is 30.0 Å². The molecule has 0 amide bonds. The number of ether oxygens (including phenoxy) is 1. The second kappa shape index (κ2) is 7.14. The molecule has 106 valence electrons. The molecule has 3 N–H and O–H groups in total. The lowest BCUT2D eigenvalue weighted by atomic mass is 10.1. The summed E-state index contributed by atoms with van der Waals surface area (Å²) in [6.45, 7) is 4.99. The maximum absolute atomic E-state index is 9.24. The first-order valence-electron chi connectivity index (χ1n) is 6.72. The van der Waals surface area contributed by atoms with Gasteiger partial charge in [0.25, 0.3) is 0 Å². The molecule has 0 spiro atoms. The molecule has 2 rings (SSSR count). The van der Waals surface area contributed by atoms with Crippen LogP contribution in [0.1, 0.15) is 12.5 Å². The van der Waals surface area contributed by atoms with Crippen molar-refractivity contribution >= 4 is 17.4 Å². The van der Waals surface area contributed by atoms with Crippen LogP contribution in [-0.2, 0) is 11.3 Å². The SMILES string of the molecule is CCSc1cccc(N2CCOC(CO)C2)c1CN. The topological polar surface area (TPSA) is 58.7 Å². The Morgan fingerprint density at radius 1 is 1.53 bits per heavy atom. The summed E-state index contributed by atoms with van der Waals surface area (Å²) in [7, 11) is 0. The molecule has 5 heteroatoms. The van der Waals surface area contributed by atoms with Gasteiger partial charge in [-0.3, -0.25) is 0 Å². The fourth-order valence-corrected chi connectivity index (χ4v) is 3.24. The van der Waals surface area contributed by atoms with Gasteiger partial charge in [-0.2, -0.15) is 0 Å². The minimum absolute atomic E-state index is 0.0673. The van der Waals surface area contributed by atoms with Crippen LogP contribution in [-0.4, -0.2) is 43.3 Å². The lowest BCUT2D eigenvalue weighted by Crippen LogP contribution is -2.44. The second-order valence-corrected chi connectivity index (χ2v) is 5.82. The standard InChI is InChI=1S/C14H22N2O2S/c1-2-19-14-5-3-4-13(12(14)8-15)16-6-7-18-11(9-16)10-17/h3-5,11,17H,2,6-10,15H2,1H3. The van der Waals surface area contributed by atoms with Crippen molar-refractivity contribution in [2.24, 2.45) is 5.73 Å². The molecule has 1 saturated heterocycles. The molecule has 1 heterocycles. The number of nitrogens with zero attached hydrogens (tertiary/aromatic N) is 1. The van der Waals surface area contributed by atoms with E-state index in [1.54, 1.807) is 0 Å². The normalized spacial score (nSPS) is 19.7. The van der Waals surface area contributed by atoms with E-state index >= 15 is 0 Å². The van der Waals surface area contributed by atoms with Gasteiger partial charge >= 0.3 is 0 Å². The van der Waals surface area contributed by atoms with Gasteiger partial charge in [0.05, 0.1) is 19.3 Å². The fourth-order valence-electron chi connectivity index (χ4n) is 2.39. The third kappa shape index (κ3) is 3.42. The Hall–Kier alpha value is -0.750. The van der Waals surface area contributed by atoms with E-state index in [1.807, 2.05) is 11.8 Å². The molecule has 0 saturated carbocycles. The zero-order chi connectivity index (χ0) is 13.7. The van der Waals surface area contributed by atoms with Gasteiger partial charge in [0.15, 0.2) is 0 Å². The summed E-state index contributed by atoms with van der Waals surface area (Å²) < 4.78 is 5.50. The number of hydrogen-bond acceptors (Lipinski definition) is 5. The number of thioether (sulfide) groups is 1. The Labute approximate surface area is 118 Å². The van der Waals surface area contributed by atoms with Crippen LogP contribution in [0, 0.1) is 0 Å². The fraction of sp³-hybridized carbons (Fsp3) is 0.571. The molecule has 0 aliphatic carbocycles. The van der Waals surface area contributed by atoms with Crippen molar-refractivity contribution in [3.8, 4) is 0 Å². The number of rotatable bonds is 5. The Bertz CT molecular complexity index is 414. The molecule has 1 aliphatic rings. The van der Waals surface area contributed by atoms with Gasteiger partial charge in [-0.15, -0.1) is 11.8 Å². The van der Waals surface area contributed by atoms with Crippen molar-refractivity contribution in [1.29, 1.82) is 0 Å². The Balaban J connectivity index is 2.25. The van der Waals surface area contributed by atoms with Gasteiger partial charge in [-0.25, -0.2) is 0 Å². The summed E-state index contributed by atoms with van der Waals surface area (Å²) in [5.74, 6) is 1.04. The maximum atomic E-state index is 9.24. The highest BCUT2D eigenvalue weighted by molar-refractivity contribution is 7.99. The molecular formula is C14H22N2O2S. The molecule has 1 aromatic rings. The van der Waals surface area contributed by atoms with Crippen molar-refractivity contribution in [1.82, 2.24) is 0 Å². The largest absolute Gasteiger partial charge is 0.394 e. The first-order chi connectivity index (χ1) is 9.30. The number of nitrogens with two attached hydrogens (primary N) is 1. The van der Waals surface area contributed by atoms with Gasteiger partial charge in [0.2, 0.25) is 0 Å². The number of anilines is 1. The number of benzene rings is 1. The zero-order valence-corrected chi connectivity index (χ0v) is 12.2. The van der Waals surface area contributed by atoms with E-state index in [1.165, 1.54) is 16.1 Å². The number of aliphatic hydroxyl groups excluding tert-OH is 1. The predicted molar refractivity (Wildman–Crippen MR) is 79.8 cm³/mol. The van der Waals surface area contributed by atoms with E-state index in [0.717, 1.165) is 18.8 Å². The van der Waals surface area contributed by atoms with Crippen LogP contribution in [0.3, 0.4) is 0 Å². The lowest BCUT2D eigenvalue weighted by molar-refractivity contribution is 0.00352. The quantitative estimate of drug-likeness (QED) is 0.801. The highest BCUT2D eigenvalue weighted by atomic mass is 32.2. The number of aliphatic hydroxyl groups is 1. The molecule has 1 unspecified atom stereocenters. The predicted octanol–water partition coefficient (Wildman–Crippen LogP) is 1.45. The highest BCUT2D eigenvalue weighted by Crippen LogP contribution is 2.31. The molecule has 1 aliphatic heterocycles. The average molecular weight is 282 g/mol. The minimum Gasteiger partial charge on any atom is -0.394 e. The van der Waals surface area contributed by atoms with Crippen molar-refractivity contribution < 1.29 is 9.84 Å². The van der Waals surface area contributed by atoms with Crippen LogP contribution < -0.4 is 10.6 Å². The molecular weight excluding hydrogens is 260 g/mol. The Kier molecular flexibility index (Phi) is 5.51. The summed E-state index contributed by atoms with van der Waals surface area (Å²) in [6, 6.07) is 6.32. The van der Waals surface area contributed by atoms with Crippen LogP contribution in [0.15, 0.2) is 23.1 Å². The molecule has 1 fully saturated rings. The summed E-state index contributed by atoms with van der Waals surface area (Å²) in [5, 5.41) is 9.24. The summed E-state index contributed by atoms with van der Waals surface area (Å²) in [4.78, 5) is 3.53. The lowest BCUT2D eigenvalue weighted by Gasteiger charge is -2.35. The average Bonchev–Trinajstić information content (AvgIpc) is 2.47. The molecule has 4 nitrogen and oxygen atoms in total. The number of morpholine rings is 1. The van der Waals surface area contributed by atoms with Crippen molar-refractivity contribution in [3.05, 3.63) is 23.8 Å². The molecule has 0 bridgehead atoms. The number of hydrogen-bond donors (Lipinski definition) is 2. The molecule has 1 atom stereocenters. The molecule has 0 radical (unpaired) electrons. The summed E-state index contributed by atoms with van der Waals surface area (Å²) in [6.07, 6.45) is -0.0955. The molecule has 1 aromatic carbocycles. The highest BCUT2D eigenvalue weighted by Gasteiger charge is 2.22. The maximum Gasteiger partial charge on any atom is 0.0980 e. The first kappa shape index (κ1) is 14.7. The molecule has 0 aromatic heterocycles.